The zero-order chi connectivity index (χ0) is 22.1. The highest BCUT2D eigenvalue weighted by atomic mass is 19.1. The molecule has 5 rings (SSSR count). The van der Waals surface area contributed by atoms with E-state index < -0.39 is 0 Å². The molecule has 0 aliphatic carbocycles. The third kappa shape index (κ3) is 3.62. The summed E-state index contributed by atoms with van der Waals surface area (Å²) in [6, 6.07) is 26.9. The van der Waals surface area contributed by atoms with E-state index in [0.717, 1.165) is 33.3 Å². The average Bonchev–Trinajstić information content (AvgIpc) is 2.82. The van der Waals surface area contributed by atoms with E-state index in [9.17, 15) is 9.18 Å². The van der Waals surface area contributed by atoms with E-state index in [-0.39, 0.29) is 24.2 Å². The Morgan fingerprint density at radius 3 is 2.47 bits per heavy atom. The Bertz CT molecular complexity index is 1280. The molecule has 0 radical (unpaired) electrons. The number of halogens is 1. The van der Waals surface area contributed by atoms with Gasteiger partial charge in [0.05, 0.1) is 13.2 Å². The molecule has 3 nitrogen and oxygen atoms in total. The summed E-state index contributed by atoms with van der Waals surface area (Å²) < 4.78 is 20.0. The third-order valence-corrected chi connectivity index (χ3v) is 6.15. The first-order valence-corrected chi connectivity index (χ1v) is 10.9. The van der Waals surface area contributed by atoms with E-state index >= 15 is 0 Å². The zero-order valence-corrected chi connectivity index (χ0v) is 17.9. The number of rotatable bonds is 5. The Balaban J connectivity index is 1.64. The molecule has 0 N–H and O–H groups in total. The highest BCUT2D eigenvalue weighted by Crippen LogP contribution is 2.44. The van der Waals surface area contributed by atoms with Crippen molar-refractivity contribution in [3.63, 3.8) is 0 Å². The van der Waals surface area contributed by atoms with Crippen LogP contribution in [0, 0.1) is 5.82 Å². The van der Waals surface area contributed by atoms with Crippen molar-refractivity contribution >= 4 is 22.4 Å². The summed E-state index contributed by atoms with van der Waals surface area (Å²) in [4.78, 5) is 15.1. The van der Waals surface area contributed by atoms with Crippen LogP contribution in [-0.2, 0) is 11.3 Å². The van der Waals surface area contributed by atoms with Crippen LogP contribution in [0.15, 0.2) is 84.9 Å². The van der Waals surface area contributed by atoms with Crippen molar-refractivity contribution in [1.82, 2.24) is 0 Å². The predicted molar refractivity (Wildman–Crippen MR) is 126 cm³/mol. The molecule has 0 fully saturated rings. The molecule has 32 heavy (non-hydrogen) atoms. The van der Waals surface area contributed by atoms with Gasteiger partial charge in [-0.25, -0.2) is 4.39 Å². The summed E-state index contributed by atoms with van der Waals surface area (Å²) in [5.41, 5.74) is 3.55. The number of anilines is 1. The monoisotopic (exact) mass is 425 g/mol. The fourth-order valence-corrected chi connectivity index (χ4v) is 4.62. The van der Waals surface area contributed by atoms with E-state index in [1.807, 2.05) is 55.5 Å². The van der Waals surface area contributed by atoms with Gasteiger partial charge in [-0.2, -0.15) is 0 Å². The van der Waals surface area contributed by atoms with Gasteiger partial charge in [0, 0.05) is 23.6 Å². The van der Waals surface area contributed by atoms with Crippen molar-refractivity contribution in [2.45, 2.75) is 25.8 Å². The Labute approximate surface area is 187 Å². The van der Waals surface area contributed by atoms with E-state index in [2.05, 4.69) is 12.1 Å². The summed E-state index contributed by atoms with van der Waals surface area (Å²) >= 11 is 0. The van der Waals surface area contributed by atoms with E-state index in [0.29, 0.717) is 18.6 Å². The molecule has 4 aromatic carbocycles. The molecule has 1 amide bonds. The normalized spacial score (nSPS) is 15.6. The van der Waals surface area contributed by atoms with Crippen LogP contribution < -0.4 is 9.64 Å². The first kappa shape index (κ1) is 20.3. The lowest BCUT2D eigenvalue weighted by Gasteiger charge is -2.35. The number of fused-ring (bicyclic) bond motifs is 3. The molecule has 4 heteroatoms. The number of hydrogen-bond acceptors (Lipinski definition) is 2. The number of benzene rings is 4. The summed E-state index contributed by atoms with van der Waals surface area (Å²) in [7, 11) is 0. The SMILES string of the molecule is CCOc1ccc(C2CC(=O)N(Cc3ccccc3F)c3ccc4ccccc4c32)cc1. The lowest BCUT2D eigenvalue weighted by molar-refractivity contribution is -0.119. The van der Waals surface area contributed by atoms with Gasteiger partial charge in [0.15, 0.2) is 0 Å². The second kappa shape index (κ2) is 8.46. The maximum absolute atomic E-state index is 14.4. The highest BCUT2D eigenvalue weighted by molar-refractivity contribution is 6.03. The van der Waals surface area contributed by atoms with Crippen molar-refractivity contribution in [1.29, 1.82) is 0 Å². The van der Waals surface area contributed by atoms with Gasteiger partial charge in [0.1, 0.15) is 11.6 Å². The number of hydrogen-bond donors (Lipinski definition) is 0. The predicted octanol–water partition coefficient (Wildman–Crippen LogP) is 6.45. The number of nitrogens with zero attached hydrogens (tertiary/aromatic N) is 1. The third-order valence-electron chi connectivity index (χ3n) is 6.15. The summed E-state index contributed by atoms with van der Waals surface area (Å²) in [6.45, 7) is 2.78. The van der Waals surface area contributed by atoms with Crippen molar-refractivity contribution in [3.8, 4) is 5.75 Å². The van der Waals surface area contributed by atoms with Gasteiger partial charge >= 0.3 is 0 Å². The standard InChI is InChI=1S/C28H24FNO2/c1-2-32-22-14-11-20(12-15-22)24-17-27(31)30(18-21-8-4-6-10-25(21)29)26-16-13-19-7-3-5-9-23(19)28(24)26/h3-16,24H,2,17-18H2,1H3. The minimum atomic E-state index is -0.295. The van der Waals surface area contributed by atoms with Crippen molar-refractivity contribution in [2.24, 2.45) is 0 Å². The second-order valence-corrected chi connectivity index (χ2v) is 8.05. The van der Waals surface area contributed by atoms with Crippen LogP contribution in [0.1, 0.15) is 36.0 Å². The lowest BCUT2D eigenvalue weighted by Crippen LogP contribution is -2.36. The van der Waals surface area contributed by atoms with E-state index in [1.54, 1.807) is 23.1 Å². The fourth-order valence-electron chi connectivity index (χ4n) is 4.62. The van der Waals surface area contributed by atoms with Crippen LogP contribution in [0.25, 0.3) is 10.8 Å². The molecule has 4 aromatic rings. The molecule has 0 spiro atoms. The van der Waals surface area contributed by atoms with Crippen LogP contribution in [0.3, 0.4) is 0 Å². The van der Waals surface area contributed by atoms with Gasteiger partial charge in [0.2, 0.25) is 5.91 Å². The molecule has 1 heterocycles. The number of carbonyl (C=O) groups excluding carboxylic acids is 1. The van der Waals surface area contributed by atoms with Gasteiger partial charge in [0.25, 0.3) is 0 Å². The molecule has 1 aliphatic heterocycles. The van der Waals surface area contributed by atoms with Gasteiger partial charge in [-0.3, -0.25) is 4.79 Å². The Morgan fingerprint density at radius 1 is 0.938 bits per heavy atom. The fraction of sp³-hybridized carbons (Fsp3) is 0.179. The number of ether oxygens (including phenoxy) is 1. The van der Waals surface area contributed by atoms with Crippen LogP contribution in [-0.4, -0.2) is 12.5 Å². The highest BCUT2D eigenvalue weighted by Gasteiger charge is 2.34. The molecule has 1 unspecified atom stereocenters. The first-order valence-electron chi connectivity index (χ1n) is 10.9. The molecular formula is C28H24FNO2. The van der Waals surface area contributed by atoms with E-state index in [1.165, 1.54) is 6.07 Å². The van der Waals surface area contributed by atoms with Crippen LogP contribution >= 0.6 is 0 Å². The molecule has 160 valence electrons. The minimum absolute atomic E-state index is 0.00470. The van der Waals surface area contributed by atoms with Crippen LogP contribution in [0.2, 0.25) is 0 Å². The second-order valence-electron chi connectivity index (χ2n) is 8.05. The van der Waals surface area contributed by atoms with Gasteiger partial charge in [-0.1, -0.05) is 60.7 Å². The molecule has 0 aromatic heterocycles. The maximum Gasteiger partial charge on any atom is 0.228 e. The maximum atomic E-state index is 14.4. The summed E-state index contributed by atoms with van der Waals surface area (Å²) in [5.74, 6) is 0.444. The summed E-state index contributed by atoms with van der Waals surface area (Å²) in [5, 5.41) is 2.25. The Morgan fingerprint density at radius 2 is 1.69 bits per heavy atom. The topological polar surface area (TPSA) is 29.5 Å². The molecule has 1 aliphatic rings. The molecule has 0 bridgehead atoms. The van der Waals surface area contributed by atoms with Gasteiger partial charge in [-0.15, -0.1) is 0 Å². The Kier molecular flexibility index (Phi) is 5.36. The largest absolute Gasteiger partial charge is 0.494 e. The van der Waals surface area contributed by atoms with Crippen molar-refractivity contribution in [3.05, 3.63) is 107 Å². The van der Waals surface area contributed by atoms with Gasteiger partial charge in [-0.05, 0) is 53.1 Å². The molecule has 0 saturated heterocycles. The first-order chi connectivity index (χ1) is 15.7. The molecule has 1 atom stereocenters. The van der Waals surface area contributed by atoms with Crippen molar-refractivity contribution in [2.75, 3.05) is 11.5 Å². The zero-order valence-electron chi connectivity index (χ0n) is 17.9. The van der Waals surface area contributed by atoms with Gasteiger partial charge < -0.3 is 9.64 Å². The smallest absolute Gasteiger partial charge is 0.228 e. The Hall–Kier alpha value is -3.66. The van der Waals surface area contributed by atoms with Crippen LogP contribution in [0.4, 0.5) is 10.1 Å². The number of amides is 1. The quantitative estimate of drug-likeness (QED) is 0.368. The lowest BCUT2D eigenvalue weighted by atomic mass is 9.81. The summed E-state index contributed by atoms with van der Waals surface area (Å²) in [6.07, 6.45) is 0.337. The minimum Gasteiger partial charge on any atom is -0.494 e. The number of carbonyl (C=O) groups is 1. The molecule has 0 saturated carbocycles. The average molecular weight is 426 g/mol. The van der Waals surface area contributed by atoms with E-state index in [4.69, 9.17) is 4.74 Å². The van der Waals surface area contributed by atoms with Crippen molar-refractivity contribution < 1.29 is 13.9 Å². The van der Waals surface area contributed by atoms with Crippen LogP contribution in [0.5, 0.6) is 5.75 Å². The molecular weight excluding hydrogens is 401 g/mol.